The molecule has 142 valence electrons. The van der Waals surface area contributed by atoms with Gasteiger partial charge in [-0.05, 0) is 31.9 Å². The van der Waals surface area contributed by atoms with Gasteiger partial charge in [-0.1, -0.05) is 35.2 Å². The molecular weight excluding hydrogens is 384 g/mol. The third-order valence-corrected chi connectivity index (χ3v) is 6.56. The van der Waals surface area contributed by atoms with Crippen molar-refractivity contribution in [2.24, 2.45) is 5.92 Å². The molecule has 3 aromatic rings. The van der Waals surface area contributed by atoms with Gasteiger partial charge >= 0.3 is 5.97 Å². The molecule has 1 saturated heterocycles. The zero-order valence-corrected chi connectivity index (χ0v) is 16.6. The number of fused-ring (bicyclic) bond motifs is 3. The summed E-state index contributed by atoms with van der Waals surface area (Å²) in [5, 5.41) is 9.18. The van der Waals surface area contributed by atoms with Crippen LogP contribution in [0.15, 0.2) is 29.4 Å². The Hall–Kier alpha value is -2.13. The molecule has 4 rings (SSSR count). The van der Waals surface area contributed by atoms with Crippen LogP contribution in [0.3, 0.4) is 0 Å². The number of hydrogen-bond donors (Lipinski definition) is 0. The van der Waals surface area contributed by atoms with Crippen LogP contribution in [0.25, 0.3) is 15.2 Å². The van der Waals surface area contributed by atoms with Gasteiger partial charge in [0.25, 0.3) is 0 Å². The van der Waals surface area contributed by atoms with E-state index in [9.17, 15) is 9.59 Å². The van der Waals surface area contributed by atoms with Crippen molar-refractivity contribution in [2.75, 3.05) is 25.4 Å². The minimum atomic E-state index is -0.215. The molecule has 9 heteroatoms. The van der Waals surface area contributed by atoms with E-state index in [0.29, 0.717) is 19.7 Å². The molecule has 1 aromatic carbocycles. The molecular formula is C18H20N4O3S2. The van der Waals surface area contributed by atoms with E-state index in [1.165, 1.54) is 11.8 Å². The van der Waals surface area contributed by atoms with Crippen molar-refractivity contribution in [3.8, 4) is 0 Å². The summed E-state index contributed by atoms with van der Waals surface area (Å²) in [7, 11) is 0. The van der Waals surface area contributed by atoms with Crippen LogP contribution in [-0.4, -0.2) is 56.8 Å². The van der Waals surface area contributed by atoms with Crippen molar-refractivity contribution in [1.82, 2.24) is 19.5 Å². The van der Waals surface area contributed by atoms with E-state index in [-0.39, 0.29) is 23.5 Å². The van der Waals surface area contributed by atoms with E-state index in [0.717, 1.165) is 33.2 Å². The van der Waals surface area contributed by atoms with Gasteiger partial charge in [-0.2, -0.15) is 0 Å². The summed E-state index contributed by atoms with van der Waals surface area (Å²) in [4.78, 5) is 27.2. The SMILES string of the molecule is CCOC(=O)C1CCCN(C(=O)CSc2nnc3sc4ccccc4n23)C1. The van der Waals surface area contributed by atoms with Gasteiger partial charge in [0.15, 0.2) is 5.16 Å². The van der Waals surface area contributed by atoms with E-state index < -0.39 is 0 Å². The largest absolute Gasteiger partial charge is 0.466 e. The van der Waals surface area contributed by atoms with Crippen LogP contribution < -0.4 is 0 Å². The molecule has 0 spiro atoms. The van der Waals surface area contributed by atoms with Crippen molar-refractivity contribution >= 4 is 50.2 Å². The number of aromatic nitrogens is 3. The molecule has 1 amide bonds. The maximum Gasteiger partial charge on any atom is 0.310 e. The zero-order valence-electron chi connectivity index (χ0n) is 15.0. The molecule has 3 heterocycles. The van der Waals surface area contributed by atoms with Crippen LogP contribution in [-0.2, 0) is 14.3 Å². The number of para-hydroxylation sites is 1. The summed E-state index contributed by atoms with van der Waals surface area (Å²) in [5.41, 5.74) is 1.05. The zero-order chi connectivity index (χ0) is 18.8. The van der Waals surface area contributed by atoms with Crippen molar-refractivity contribution in [3.63, 3.8) is 0 Å². The van der Waals surface area contributed by atoms with E-state index >= 15 is 0 Å². The molecule has 1 atom stereocenters. The minimum absolute atomic E-state index is 0.0188. The second kappa shape index (κ2) is 7.85. The molecule has 1 aliphatic rings. The van der Waals surface area contributed by atoms with Crippen LogP contribution in [0.1, 0.15) is 19.8 Å². The van der Waals surface area contributed by atoms with Gasteiger partial charge in [0.1, 0.15) is 0 Å². The fourth-order valence-electron chi connectivity index (χ4n) is 3.32. The molecule has 7 nitrogen and oxygen atoms in total. The average molecular weight is 405 g/mol. The highest BCUT2D eigenvalue weighted by Gasteiger charge is 2.29. The minimum Gasteiger partial charge on any atom is -0.466 e. The van der Waals surface area contributed by atoms with Crippen LogP contribution in [0, 0.1) is 5.92 Å². The molecule has 0 radical (unpaired) electrons. The molecule has 0 bridgehead atoms. The lowest BCUT2D eigenvalue weighted by Gasteiger charge is -2.31. The Morgan fingerprint density at radius 2 is 2.19 bits per heavy atom. The Morgan fingerprint density at radius 1 is 1.33 bits per heavy atom. The van der Waals surface area contributed by atoms with Gasteiger partial charge in [-0.15, -0.1) is 10.2 Å². The Kier molecular flexibility index (Phi) is 5.31. The number of likely N-dealkylation sites (tertiary alicyclic amines) is 1. The van der Waals surface area contributed by atoms with Crippen molar-refractivity contribution in [3.05, 3.63) is 24.3 Å². The number of carbonyl (C=O) groups excluding carboxylic acids is 2. The second-order valence-electron chi connectivity index (χ2n) is 6.39. The smallest absolute Gasteiger partial charge is 0.310 e. The summed E-state index contributed by atoms with van der Waals surface area (Å²) < 4.78 is 8.24. The summed E-state index contributed by atoms with van der Waals surface area (Å²) in [6.45, 7) is 3.30. The maximum absolute atomic E-state index is 12.7. The third kappa shape index (κ3) is 3.66. The first-order valence-electron chi connectivity index (χ1n) is 8.97. The van der Waals surface area contributed by atoms with Crippen LogP contribution in [0.4, 0.5) is 0 Å². The number of carbonyl (C=O) groups is 2. The summed E-state index contributed by atoms with van der Waals surface area (Å²) >= 11 is 2.97. The van der Waals surface area contributed by atoms with Gasteiger partial charge in [0, 0.05) is 13.1 Å². The summed E-state index contributed by atoms with van der Waals surface area (Å²) in [6.07, 6.45) is 1.60. The fourth-order valence-corrected chi connectivity index (χ4v) is 5.19. The van der Waals surface area contributed by atoms with Crippen molar-refractivity contribution in [2.45, 2.75) is 24.9 Å². The molecule has 1 fully saturated rings. The van der Waals surface area contributed by atoms with Gasteiger partial charge in [0.05, 0.1) is 28.5 Å². The predicted molar refractivity (Wildman–Crippen MR) is 105 cm³/mol. The first kappa shape index (κ1) is 18.2. The molecule has 27 heavy (non-hydrogen) atoms. The average Bonchev–Trinajstić information content (AvgIpc) is 3.25. The Balaban J connectivity index is 1.43. The highest BCUT2D eigenvalue weighted by molar-refractivity contribution is 7.99. The lowest BCUT2D eigenvalue weighted by Crippen LogP contribution is -2.43. The van der Waals surface area contributed by atoms with Gasteiger partial charge < -0.3 is 9.64 Å². The molecule has 2 aromatic heterocycles. The Morgan fingerprint density at radius 3 is 3.04 bits per heavy atom. The van der Waals surface area contributed by atoms with Crippen LogP contribution in [0.2, 0.25) is 0 Å². The number of rotatable bonds is 5. The fraction of sp³-hybridized carbons (Fsp3) is 0.444. The van der Waals surface area contributed by atoms with Crippen molar-refractivity contribution in [1.29, 1.82) is 0 Å². The lowest BCUT2D eigenvalue weighted by atomic mass is 9.98. The third-order valence-electron chi connectivity index (χ3n) is 4.63. The molecule has 0 N–H and O–H groups in total. The molecule has 1 aliphatic heterocycles. The number of nitrogens with zero attached hydrogens (tertiary/aromatic N) is 4. The molecule has 0 aliphatic carbocycles. The number of benzene rings is 1. The highest BCUT2D eigenvalue weighted by Crippen LogP contribution is 2.29. The first-order valence-corrected chi connectivity index (χ1v) is 10.8. The molecule has 1 unspecified atom stereocenters. The monoisotopic (exact) mass is 404 g/mol. The number of esters is 1. The lowest BCUT2D eigenvalue weighted by molar-refractivity contribution is -0.151. The van der Waals surface area contributed by atoms with Crippen LogP contribution >= 0.6 is 23.1 Å². The number of piperidine rings is 1. The molecule has 0 saturated carbocycles. The number of ether oxygens (including phenoxy) is 1. The van der Waals surface area contributed by atoms with Crippen molar-refractivity contribution < 1.29 is 14.3 Å². The van der Waals surface area contributed by atoms with E-state index in [1.54, 1.807) is 23.2 Å². The standard InChI is InChI=1S/C18H20N4O3S2/c1-2-25-16(24)12-6-5-9-21(10-12)15(23)11-26-17-19-20-18-22(17)13-7-3-4-8-14(13)27-18/h3-4,7-8,12H,2,5-6,9-11H2,1H3. The maximum atomic E-state index is 12.7. The number of thioether (sulfide) groups is 1. The Bertz CT molecular complexity index is 983. The number of thiazole rings is 1. The van der Waals surface area contributed by atoms with E-state index in [2.05, 4.69) is 16.3 Å². The van der Waals surface area contributed by atoms with Gasteiger partial charge in [0.2, 0.25) is 10.9 Å². The quantitative estimate of drug-likeness (QED) is 0.481. The van der Waals surface area contributed by atoms with E-state index in [4.69, 9.17) is 4.74 Å². The Labute approximate surface area is 164 Å². The van der Waals surface area contributed by atoms with Gasteiger partial charge in [-0.3, -0.25) is 14.0 Å². The summed E-state index contributed by atoms with van der Waals surface area (Å²) in [5.74, 6) is -0.120. The van der Waals surface area contributed by atoms with Crippen LogP contribution in [0.5, 0.6) is 0 Å². The normalized spacial score (nSPS) is 17.5. The van der Waals surface area contributed by atoms with E-state index in [1.807, 2.05) is 22.6 Å². The topological polar surface area (TPSA) is 76.8 Å². The predicted octanol–water partition coefficient (Wildman–Crippen LogP) is 2.84. The highest BCUT2D eigenvalue weighted by atomic mass is 32.2. The number of amides is 1. The first-order chi connectivity index (χ1) is 13.2. The second-order valence-corrected chi connectivity index (χ2v) is 8.34. The van der Waals surface area contributed by atoms with Gasteiger partial charge in [-0.25, -0.2) is 0 Å². The number of hydrogen-bond acceptors (Lipinski definition) is 7. The summed E-state index contributed by atoms with van der Waals surface area (Å²) in [6, 6.07) is 8.07.